The molecule has 0 aromatic carbocycles. The van der Waals surface area contributed by atoms with E-state index in [-0.39, 0.29) is 17.7 Å². The molecule has 5 nitrogen and oxygen atoms in total. The van der Waals surface area contributed by atoms with Gasteiger partial charge in [-0.05, 0) is 12.8 Å². The van der Waals surface area contributed by atoms with Crippen LogP contribution >= 0.6 is 0 Å². The van der Waals surface area contributed by atoms with Crippen LogP contribution in [0.5, 0.6) is 0 Å². The van der Waals surface area contributed by atoms with E-state index in [2.05, 4.69) is 15.0 Å². The topological polar surface area (TPSA) is 58.6 Å². The maximum absolute atomic E-state index is 11.8. The zero-order valence-electron chi connectivity index (χ0n) is 10.9. The highest BCUT2D eigenvalue weighted by molar-refractivity contribution is 5.82. The maximum Gasteiger partial charge on any atom is 0.407 e. The highest BCUT2D eigenvalue weighted by Gasteiger charge is 2.26. The molecule has 2 atom stereocenters. The van der Waals surface area contributed by atoms with Crippen LogP contribution in [-0.2, 0) is 9.53 Å². The fourth-order valence-corrected chi connectivity index (χ4v) is 1.92. The zero-order chi connectivity index (χ0) is 12.8. The summed E-state index contributed by atoms with van der Waals surface area (Å²) in [5, 5.41) is 2.76. The Morgan fingerprint density at radius 1 is 1.53 bits per heavy atom. The van der Waals surface area contributed by atoms with Gasteiger partial charge in [0, 0.05) is 25.0 Å². The summed E-state index contributed by atoms with van der Waals surface area (Å²) in [6.45, 7) is 6.07. The Hall–Kier alpha value is -1.10. The first-order chi connectivity index (χ1) is 8.06. The molecule has 1 aliphatic heterocycles. The van der Waals surface area contributed by atoms with Gasteiger partial charge in [-0.15, -0.1) is 0 Å². The molecule has 0 aromatic heterocycles. The Morgan fingerprint density at radius 2 is 2.24 bits per heavy atom. The van der Waals surface area contributed by atoms with Crippen molar-refractivity contribution >= 4 is 11.9 Å². The Labute approximate surface area is 102 Å². The minimum Gasteiger partial charge on any atom is -0.453 e. The van der Waals surface area contributed by atoms with Gasteiger partial charge in [-0.1, -0.05) is 13.8 Å². The average Bonchev–Trinajstić information content (AvgIpc) is 2.75. The third-order valence-corrected chi connectivity index (χ3v) is 3.32. The third kappa shape index (κ3) is 4.34. The lowest BCUT2D eigenvalue weighted by atomic mass is 10.0. The van der Waals surface area contributed by atoms with Gasteiger partial charge >= 0.3 is 6.09 Å². The Kier molecular flexibility index (Phi) is 5.41. The summed E-state index contributed by atoms with van der Waals surface area (Å²) in [4.78, 5) is 24.9. The Bertz CT molecular complexity index is 281. The van der Waals surface area contributed by atoms with Crippen molar-refractivity contribution in [3.63, 3.8) is 0 Å². The van der Waals surface area contributed by atoms with E-state index in [0.717, 1.165) is 25.9 Å². The lowest BCUT2D eigenvalue weighted by Gasteiger charge is -2.17. The molecule has 0 bridgehead atoms. The van der Waals surface area contributed by atoms with Gasteiger partial charge in [0.15, 0.2) is 0 Å². The number of alkyl carbamates (subject to hydrolysis) is 1. The van der Waals surface area contributed by atoms with Crippen molar-refractivity contribution in [3.8, 4) is 0 Å². The molecule has 1 saturated heterocycles. The number of amides is 1. The first-order valence-electron chi connectivity index (χ1n) is 6.16. The van der Waals surface area contributed by atoms with Crippen molar-refractivity contribution in [2.75, 3.05) is 26.7 Å². The summed E-state index contributed by atoms with van der Waals surface area (Å²) < 4.78 is 4.55. The molecule has 98 valence electrons. The quantitative estimate of drug-likeness (QED) is 0.782. The van der Waals surface area contributed by atoms with Crippen LogP contribution in [0.25, 0.3) is 0 Å². The van der Waals surface area contributed by atoms with Crippen LogP contribution in [0.2, 0.25) is 0 Å². The van der Waals surface area contributed by atoms with Crippen molar-refractivity contribution < 1.29 is 14.3 Å². The lowest BCUT2D eigenvalue weighted by Crippen LogP contribution is -2.38. The van der Waals surface area contributed by atoms with Gasteiger partial charge in [-0.25, -0.2) is 4.79 Å². The number of rotatable bonds is 5. The van der Waals surface area contributed by atoms with Gasteiger partial charge in [-0.2, -0.15) is 0 Å². The van der Waals surface area contributed by atoms with Crippen LogP contribution in [0.4, 0.5) is 4.79 Å². The van der Waals surface area contributed by atoms with Crippen molar-refractivity contribution in [1.29, 1.82) is 0 Å². The number of likely N-dealkylation sites (tertiary alicyclic amines) is 1. The first-order valence-corrected chi connectivity index (χ1v) is 6.16. The fraction of sp³-hybridized carbons (Fsp3) is 0.833. The number of methoxy groups -OCH3 is 1. The van der Waals surface area contributed by atoms with E-state index >= 15 is 0 Å². The maximum atomic E-state index is 11.8. The SMILES string of the molecule is CCC(C)C(=O)CN1CCC(NC(=O)OC)C1. The third-order valence-electron chi connectivity index (χ3n) is 3.32. The Morgan fingerprint density at radius 3 is 2.82 bits per heavy atom. The molecule has 0 aromatic rings. The first kappa shape index (κ1) is 14.0. The molecule has 2 unspecified atom stereocenters. The predicted molar refractivity (Wildman–Crippen MR) is 64.8 cm³/mol. The second kappa shape index (κ2) is 6.59. The number of carbonyl (C=O) groups excluding carboxylic acids is 2. The highest BCUT2D eigenvalue weighted by atomic mass is 16.5. The van der Waals surface area contributed by atoms with Gasteiger partial charge < -0.3 is 10.1 Å². The number of hydrogen-bond donors (Lipinski definition) is 1. The van der Waals surface area contributed by atoms with E-state index < -0.39 is 6.09 Å². The normalized spacial score (nSPS) is 22.2. The summed E-state index contributed by atoms with van der Waals surface area (Å²) >= 11 is 0. The summed E-state index contributed by atoms with van der Waals surface area (Å²) in [5.74, 6) is 0.411. The molecule has 0 saturated carbocycles. The number of ketones is 1. The monoisotopic (exact) mass is 242 g/mol. The Balaban J connectivity index is 2.30. The molecule has 1 heterocycles. The smallest absolute Gasteiger partial charge is 0.407 e. The van der Waals surface area contributed by atoms with Crippen LogP contribution in [-0.4, -0.2) is 49.6 Å². The van der Waals surface area contributed by atoms with Gasteiger partial charge in [0.25, 0.3) is 0 Å². The summed E-state index contributed by atoms with van der Waals surface area (Å²) in [5.41, 5.74) is 0. The highest BCUT2D eigenvalue weighted by Crippen LogP contribution is 2.11. The molecule has 5 heteroatoms. The van der Waals surface area contributed by atoms with Gasteiger partial charge in [0.2, 0.25) is 0 Å². The lowest BCUT2D eigenvalue weighted by molar-refractivity contribution is -0.123. The van der Waals surface area contributed by atoms with Crippen LogP contribution in [0, 0.1) is 5.92 Å². The average molecular weight is 242 g/mol. The van der Waals surface area contributed by atoms with Crippen LogP contribution in [0.3, 0.4) is 0 Å². The molecule has 0 spiro atoms. The van der Waals surface area contributed by atoms with E-state index in [4.69, 9.17) is 0 Å². The number of ether oxygens (including phenoxy) is 1. The summed E-state index contributed by atoms with van der Waals surface area (Å²) in [7, 11) is 1.36. The van der Waals surface area contributed by atoms with E-state index in [1.807, 2.05) is 13.8 Å². The molecule has 17 heavy (non-hydrogen) atoms. The van der Waals surface area contributed by atoms with Crippen molar-refractivity contribution in [2.24, 2.45) is 5.92 Å². The van der Waals surface area contributed by atoms with E-state index in [1.54, 1.807) is 0 Å². The molecule has 0 aliphatic carbocycles. The fourth-order valence-electron chi connectivity index (χ4n) is 1.92. The van der Waals surface area contributed by atoms with Crippen LogP contribution in [0.1, 0.15) is 26.7 Å². The number of nitrogens with one attached hydrogen (secondary N) is 1. The second-order valence-corrected chi connectivity index (χ2v) is 4.63. The van der Waals surface area contributed by atoms with E-state index in [1.165, 1.54) is 7.11 Å². The molecule has 0 radical (unpaired) electrons. The standard InChI is InChI=1S/C12H22N2O3/c1-4-9(2)11(15)8-14-6-5-10(7-14)13-12(16)17-3/h9-10H,4-8H2,1-3H3,(H,13,16). The number of hydrogen-bond acceptors (Lipinski definition) is 4. The summed E-state index contributed by atoms with van der Waals surface area (Å²) in [6, 6.07) is 0.104. The molecule has 1 amide bonds. The minimum absolute atomic E-state index is 0.104. The molecular formula is C12H22N2O3. The molecule has 1 aliphatic rings. The van der Waals surface area contributed by atoms with Crippen molar-refractivity contribution in [1.82, 2.24) is 10.2 Å². The van der Waals surface area contributed by atoms with E-state index in [0.29, 0.717) is 6.54 Å². The van der Waals surface area contributed by atoms with Gasteiger partial charge in [0.1, 0.15) is 5.78 Å². The predicted octanol–water partition coefficient (Wildman–Crippen LogP) is 1.03. The zero-order valence-corrected chi connectivity index (χ0v) is 10.9. The van der Waals surface area contributed by atoms with Crippen molar-refractivity contribution in [3.05, 3.63) is 0 Å². The van der Waals surface area contributed by atoms with E-state index in [9.17, 15) is 9.59 Å². The van der Waals surface area contributed by atoms with Gasteiger partial charge in [0.05, 0.1) is 13.7 Å². The van der Waals surface area contributed by atoms with Crippen molar-refractivity contribution in [2.45, 2.75) is 32.7 Å². The number of Topliss-reactive ketones (excluding diaryl/α,β-unsaturated/α-hetero) is 1. The largest absolute Gasteiger partial charge is 0.453 e. The van der Waals surface area contributed by atoms with Crippen LogP contribution in [0.15, 0.2) is 0 Å². The van der Waals surface area contributed by atoms with Crippen LogP contribution < -0.4 is 5.32 Å². The number of nitrogens with zero attached hydrogens (tertiary/aromatic N) is 1. The van der Waals surface area contributed by atoms with Gasteiger partial charge in [-0.3, -0.25) is 9.69 Å². The molecule has 1 fully saturated rings. The molecular weight excluding hydrogens is 220 g/mol. The second-order valence-electron chi connectivity index (χ2n) is 4.63. The number of carbonyl (C=O) groups is 2. The summed E-state index contributed by atoms with van der Waals surface area (Å²) in [6.07, 6.45) is 1.37. The minimum atomic E-state index is -0.398. The molecule has 1 N–H and O–H groups in total. The molecule has 1 rings (SSSR count).